The Morgan fingerprint density at radius 3 is 1.83 bits per heavy atom. The lowest BCUT2D eigenvalue weighted by Crippen LogP contribution is -2.59. The minimum absolute atomic E-state index is 0.0413. The van der Waals surface area contributed by atoms with Crippen LogP contribution >= 0.6 is 0 Å². The van der Waals surface area contributed by atoms with Crippen LogP contribution in [0.5, 0.6) is 0 Å². The fourth-order valence-corrected chi connectivity index (χ4v) is 3.51. The van der Waals surface area contributed by atoms with Gasteiger partial charge in [0.15, 0.2) is 5.96 Å². The fraction of sp³-hybridized carbons (Fsp3) is 0.792. The van der Waals surface area contributed by atoms with Crippen LogP contribution in [-0.4, -0.2) is 65.5 Å². The first-order chi connectivity index (χ1) is 16.7. The highest BCUT2D eigenvalue weighted by molar-refractivity contribution is 5.94. The van der Waals surface area contributed by atoms with Gasteiger partial charge in [-0.05, 0) is 37.0 Å². The molecular formula is C24H47N7O5. The van der Waals surface area contributed by atoms with Gasteiger partial charge in [0.25, 0.3) is 0 Å². The van der Waals surface area contributed by atoms with E-state index in [4.69, 9.17) is 17.2 Å². The van der Waals surface area contributed by atoms with Crippen molar-refractivity contribution in [1.82, 2.24) is 16.0 Å². The van der Waals surface area contributed by atoms with E-state index in [0.29, 0.717) is 38.6 Å². The molecule has 0 aromatic carbocycles. The Bertz CT molecular complexity index is 755. The van der Waals surface area contributed by atoms with Gasteiger partial charge in [-0.15, -0.1) is 0 Å². The molecule has 12 heteroatoms. The van der Waals surface area contributed by atoms with E-state index in [9.17, 15) is 24.3 Å². The van der Waals surface area contributed by atoms with Crippen molar-refractivity contribution in [2.45, 2.75) is 97.8 Å². The molecule has 6 atom stereocenters. The summed E-state index contributed by atoms with van der Waals surface area (Å²) in [5.74, 6) is -3.25. The van der Waals surface area contributed by atoms with Gasteiger partial charge < -0.3 is 38.3 Å². The molecule has 0 aliphatic heterocycles. The summed E-state index contributed by atoms with van der Waals surface area (Å²) in [6.45, 7) is 11.4. The van der Waals surface area contributed by atoms with Crippen molar-refractivity contribution in [1.29, 1.82) is 0 Å². The van der Waals surface area contributed by atoms with Crippen molar-refractivity contribution >= 4 is 29.7 Å². The third kappa shape index (κ3) is 12.2. The third-order valence-electron chi connectivity index (χ3n) is 6.21. The summed E-state index contributed by atoms with van der Waals surface area (Å²) in [7, 11) is 0. The number of carboxylic acids is 1. The molecule has 0 saturated heterocycles. The number of amides is 3. The molecule has 36 heavy (non-hydrogen) atoms. The second kappa shape index (κ2) is 16.7. The number of hydrogen-bond acceptors (Lipinski definition) is 6. The van der Waals surface area contributed by atoms with Crippen molar-refractivity contribution in [3.05, 3.63) is 0 Å². The van der Waals surface area contributed by atoms with E-state index < -0.39 is 47.9 Å². The number of rotatable bonds is 17. The van der Waals surface area contributed by atoms with Gasteiger partial charge in [0, 0.05) is 6.54 Å². The molecule has 0 aliphatic rings. The van der Waals surface area contributed by atoms with Gasteiger partial charge in [-0.2, -0.15) is 0 Å². The van der Waals surface area contributed by atoms with Crippen LogP contribution in [0.25, 0.3) is 0 Å². The maximum atomic E-state index is 13.2. The van der Waals surface area contributed by atoms with Gasteiger partial charge in [0.1, 0.15) is 18.1 Å². The number of carbonyl (C=O) groups excluding carboxylic acids is 3. The van der Waals surface area contributed by atoms with E-state index in [-0.39, 0.29) is 23.7 Å². The Morgan fingerprint density at radius 1 is 0.833 bits per heavy atom. The topological polar surface area (TPSA) is 215 Å². The summed E-state index contributed by atoms with van der Waals surface area (Å²) in [5.41, 5.74) is 16.6. The van der Waals surface area contributed by atoms with Gasteiger partial charge in [-0.25, -0.2) is 4.79 Å². The zero-order valence-corrected chi connectivity index (χ0v) is 22.5. The van der Waals surface area contributed by atoms with E-state index in [2.05, 4.69) is 20.9 Å². The number of carbonyl (C=O) groups is 4. The van der Waals surface area contributed by atoms with Crippen LogP contribution in [0.3, 0.4) is 0 Å². The average molecular weight is 514 g/mol. The summed E-state index contributed by atoms with van der Waals surface area (Å²) in [5, 5.41) is 17.5. The number of nitrogens with one attached hydrogen (secondary N) is 3. The maximum Gasteiger partial charge on any atom is 0.326 e. The van der Waals surface area contributed by atoms with Crippen molar-refractivity contribution in [3.63, 3.8) is 0 Å². The van der Waals surface area contributed by atoms with Crippen LogP contribution in [-0.2, 0) is 19.2 Å². The molecule has 0 bridgehead atoms. The molecule has 0 fully saturated rings. The Hall–Kier alpha value is -2.89. The van der Waals surface area contributed by atoms with Crippen LogP contribution in [0.2, 0.25) is 0 Å². The molecule has 6 unspecified atom stereocenters. The molecule has 0 spiro atoms. The molecule has 10 N–H and O–H groups in total. The monoisotopic (exact) mass is 513 g/mol. The number of carboxylic acid groups (broad SMARTS) is 1. The normalized spacial score (nSPS) is 16.1. The lowest BCUT2D eigenvalue weighted by molar-refractivity contribution is -0.144. The van der Waals surface area contributed by atoms with Gasteiger partial charge in [0.05, 0.1) is 6.04 Å². The maximum absolute atomic E-state index is 13.2. The third-order valence-corrected chi connectivity index (χ3v) is 6.21. The molecule has 0 heterocycles. The Labute approximate surface area is 214 Å². The van der Waals surface area contributed by atoms with Crippen molar-refractivity contribution < 1.29 is 24.3 Å². The highest BCUT2D eigenvalue weighted by Crippen LogP contribution is 2.13. The summed E-state index contributed by atoms with van der Waals surface area (Å²) in [6, 6.07) is -3.81. The van der Waals surface area contributed by atoms with Crippen LogP contribution in [0.15, 0.2) is 4.99 Å². The number of aliphatic carboxylic acids is 1. The molecular weight excluding hydrogens is 466 g/mol. The molecule has 0 aliphatic carbocycles. The predicted octanol–water partition coefficient (Wildman–Crippen LogP) is 0.0446. The quantitative estimate of drug-likeness (QED) is 0.0798. The molecule has 0 aromatic rings. The Morgan fingerprint density at radius 2 is 1.36 bits per heavy atom. The van der Waals surface area contributed by atoms with Crippen LogP contribution in [0, 0.1) is 17.8 Å². The SMILES string of the molecule is CCC(C)C(NC(=O)C(CC(C)C)NC(=O)C(NC(=O)C(N)CCCN=C(N)N)C(C)CC)C(=O)O. The Kier molecular flexibility index (Phi) is 15.4. The van der Waals surface area contributed by atoms with Crippen LogP contribution < -0.4 is 33.2 Å². The molecule has 0 saturated carbocycles. The largest absolute Gasteiger partial charge is 0.480 e. The molecule has 208 valence electrons. The van der Waals surface area contributed by atoms with Crippen LogP contribution in [0.1, 0.15) is 73.6 Å². The first-order valence-corrected chi connectivity index (χ1v) is 12.7. The molecule has 3 amide bonds. The first-order valence-electron chi connectivity index (χ1n) is 12.7. The van der Waals surface area contributed by atoms with E-state index in [1.807, 2.05) is 34.6 Å². The van der Waals surface area contributed by atoms with Crippen molar-refractivity contribution in [2.75, 3.05) is 6.54 Å². The van der Waals surface area contributed by atoms with Gasteiger partial charge in [0.2, 0.25) is 17.7 Å². The number of nitrogens with two attached hydrogens (primary N) is 3. The molecule has 0 radical (unpaired) electrons. The van der Waals surface area contributed by atoms with E-state index in [1.54, 1.807) is 6.92 Å². The van der Waals surface area contributed by atoms with Gasteiger partial charge in [-0.3, -0.25) is 19.4 Å². The number of aliphatic imine (C=N–C) groups is 1. The highest BCUT2D eigenvalue weighted by atomic mass is 16.4. The van der Waals surface area contributed by atoms with E-state index in [0.717, 1.165) is 0 Å². The summed E-state index contributed by atoms with van der Waals surface area (Å²) < 4.78 is 0. The Balaban J connectivity index is 5.49. The van der Waals surface area contributed by atoms with E-state index in [1.165, 1.54) is 0 Å². The van der Waals surface area contributed by atoms with E-state index >= 15 is 0 Å². The summed E-state index contributed by atoms with van der Waals surface area (Å²) >= 11 is 0. The fourth-order valence-electron chi connectivity index (χ4n) is 3.51. The summed E-state index contributed by atoms with van der Waals surface area (Å²) in [4.78, 5) is 54.5. The number of nitrogens with zero attached hydrogens (tertiary/aromatic N) is 1. The standard InChI is InChI=1S/C24H47N7O5/c1-7-14(5)18(30-20(32)16(25)10-9-11-28-24(26)27)22(34)29-17(12-13(3)4)21(33)31-19(23(35)36)15(6)8-2/h13-19H,7-12,25H2,1-6H3,(H,29,34)(H,30,32)(H,31,33)(H,35,36)(H4,26,27,28). The second-order valence-electron chi connectivity index (χ2n) is 9.83. The molecule has 12 nitrogen and oxygen atoms in total. The average Bonchev–Trinajstić information content (AvgIpc) is 2.80. The van der Waals surface area contributed by atoms with Gasteiger partial charge in [-0.1, -0.05) is 54.4 Å². The second-order valence-corrected chi connectivity index (χ2v) is 9.83. The lowest BCUT2D eigenvalue weighted by atomic mass is 9.95. The molecule has 0 aromatic heterocycles. The summed E-state index contributed by atoms with van der Waals surface area (Å²) in [6.07, 6.45) is 2.27. The van der Waals surface area contributed by atoms with Gasteiger partial charge >= 0.3 is 5.97 Å². The lowest BCUT2D eigenvalue weighted by Gasteiger charge is -2.29. The smallest absolute Gasteiger partial charge is 0.326 e. The molecule has 0 rings (SSSR count). The number of hydrogen-bond donors (Lipinski definition) is 7. The van der Waals surface area contributed by atoms with Crippen molar-refractivity contribution in [2.24, 2.45) is 39.9 Å². The first kappa shape index (κ1) is 33.1. The minimum Gasteiger partial charge on any atom is -0.480 e. The zero-order chi connectivity index (χ0) is 28.0. The zero-order valence-electron chi connectivity index (χ0n) is 22.5. The van der Waals surface area contributed by atoms with Crippen LogP contribution in [0.4, 0.5) is 0 Å². The predicted molar refractivity (Wildman–Crippen MR) is 140 cm³/mol. The highest BCUT2D eigenvalue weighted by Gasteiger charge is 2.33. The minimum atomic E-state index is -1.13. The number of guanidine groups is 1. The van der Waals surface area contributed by atoms with Crippen molar-refractivity contribution in [3.8, 4) is 0 Å².